The number of carbonyl (C=O) groups excluding carboxylic acids is 2. The third-order valence-electron chi connectivity index (χ3n) is 2.32. The molecular formula is C15H27NO4. The summed E-state index contributed by atoms with van der Waals surface area (Å²) >= 11 is 0. The number of methoxy groups -OCH3 is 1. The molecule has 1 unspecified atom stereocenters. The number of amides is 1. The van der Waals surface area contributed by atoms with Crippen molar-refractivity contribution in [2.45, 2.75) is 59.1 Å². The van der Waals surface area contributed by atoms with E-state index in [0.717, 1.165) is 6.42 Å². The van der Waals surface area contributed by atoms with Crippen LogP contribution in [0.2, 0.25) is 0 Å². The van der Waals surface area contributed by atoms with Gasteiger partial charge in [-0.3, -0.25) is 0 Å². The maximum Gasteiger partial charge on any atom is 0.408 e. The summed E-state index contributed by atoms with van der Waals surface area (Å²) in [5, 5.41) is 2.53. The van der Waals surface area contributed by atoms with Crippen LogP contribution in [0.3, 0.4) is 0 Å². The molecule has 116 valence electrons. The lowest BCUT2D eigenvalue weighted by molar-refractivity contribution is -0.143. The summed E-state index contributed by atoms with van der Waals surface area (Å²) in [5.41, 5.74) is -0.599. The molecule has 0 rings (SSSR count). The first-order valence-corrected chi connectivity index (χ1v) is 6.88. The molecule has 0 heterocycles. The van der Waals surface area contributed by atoms with Crippen molar-refractivity contribution in [2.24, 2.45) is 5.92 Å². The first-order chi connectivity index (χ1) is 9.15. The molecule has 20 heavy (non-hydrogen) atoms. The number of hydrogen-bond donors (Lipinski definition) is 1. The van der Waals surface area contributed by atoms with Crippen LogP contribution in [-0.4, -0.2) is 30.8 Å². The highest BCUT2D eigenvalue weighted by Gasteiger charge is 2.23. The van der Waals surface area contributed by atoms with Gasteiger partial charge in [-0.15, -0.1) is 0 Å². The number of carbonyl (C=O) groups is 2. The fourth-order valence-electron chi connectivity index (χ4n) is 1.41. The van der Waals surface area contributed by atoms with Crippen LogP contribution in [0.25, 0.3) is 0 Å². The summed E-state index contributed by atoms with van der Waals surface area (Å²) in [6, 6.07) is -0.724. The molecule has 1 N–H and O–H groups in total. The Balaban J connectivity index is 4.46. The Kier molecular flexibility index (Phi) is 7.96. The monoisotopic (exact) mass is 285 g/mol. The van der Waals surface area contributed by atoms with E-state index in [1.54, 1.807) is 20.8 Å². The van der Waals surface area contributed by atoms with Crippen LogP contribution in [0.15, 0.2) is 12.2 Å². The molecule has 0 fully saturated rings. The van der Waals surface area contributed by atoms with Crippen molar-refractivity contribution in [3.63, 3.8) is 0 Å². The van der Waals surface area contributed by atoms with Crippen LogP contribution in [0.5, 0.6) is 0 Å². The molecule has 0 bridgehead atoms. The van der Waals surface area contributed by atoms with Gasteiger partial charge < -0.3 is 14.8 Å². The molecular weight excluding hydrogens is 258 g/mol. The number of allylic oxidation sites excluding steroid dienone is 1. The minimum atomic E-state index is -0.724. The molecule has 1 atom stereocenters. The summed E-state index contributed by atoms with van der Waals surface area (Å²) in [7, 11) is 1.30. The average Bonchev–Trinajstić information content (AvgIpc) is 2.29. The number of rotatable bonds is 6. The lowest BCUT2D eigenvalue weighted by Gasteiger charge is -2.22. The summed E-state index contributed by atoms with van der Waals surface area (Å²) < 4.78 is 9.80. The predicted octanol–water partition coefficient (Wildman–Crippen LogP) is 3.05. The summed E-state index contributed by atoms with van der Waals surface area (Å²) in [6.45, 7) is 9.52. The van der Waals surface area contributed by atoms with Gasteiger partial charge in [-0.25, -0.2) is 9.59 Å². The molecule has 0 saturated carbocycles. The van der Waals surface area contributed by atoms with Gasteiger partial charge in [0.05, 0.1) is 7.11 Å². The van der Waals surface area contributed by atoms with E-state index < -0.39 is 23.7 Å². The zero-order chi connectivity index (χ0) is 15.8. The molecule has 0 aromatic heterocycles. The van der Waals surface area contributed by atoms with Crippen LogP contribution < -0.4 is 5.32 Å². The zero-order valence-corrected chi connectivity index (χ0v) is 13.4. The van der Waals surface area contributed by atoms with E-state index in [4.69, 9.17) is 4.74 Å². The smallest absolute Gasteiger partial charge is 0.408 e. The van der Waals surface area contributed by atoms with Crippen molar-refractivity contribution >= 4 is 12.1 Å². The van der Waals surface area contributed by atoms with Gasteiger partial charge in [-0.2, -0.15) is 0 Å². The molecule has 0 aliphatic rings. The average molecular weight is 285 g/mol. The zero-order valence-electron chi connectivity index (χ0n) is 13.4. The maximum absolute atomic E-state index is 11.7. The second kappa shape index (κ2) is 8.61. The Labute approximate surface area is 121 Å². The predicted molar refractivity (Wildman–Crippen MR) is 78.4 cm³/mol. The number of nitrogens with one attached hydrogen (secondary N) is 1. The van der Waals surface area contributed by atoms with Crippen molar-refractivity contribution in [3.05, 3.63) is 12.2 Å². The highest BCUT2D eigenvalue weighted by Crippen LogP contribution is 2.08. The summed E-state index contributed by atoms with van der Waals surface area (Å²) in [5.74, 6) is 0.0756. The molecule has 0 aliphatic heterocycles. The summed E-state index contributed by atoms with van der Waals surface area (Å²) in [4.78, 5) is 23.3. The topological polar surface area (TPSA) is 64.6 Å². The first-order valence-electron chi connectivity index (χ1n) is 6.88. The molecule has 5 heteroatoms. The van der Waals surface area contributed by atoms with Gasteiger partial charge in [-0.1, -0.05) is 26.0 Å². The van der Waals surface area contributed by atoms with Crippen molar-refractivity contribution in [1.82, 2.24) is 5.32 Å². The first kappa shape index (κ1) is 18.5. The van der Waals surface area contributed by atoms with E-state index in [-0.39, 0.29) is 0 Å². The number of ether oxygens (including phenoxy) is 2. The van der Waals surface area contributed by atoms with Gasteiger partial charge in [-0.05, 0) is 39.5 Å². The fourth-order valence-corrected chi connectivity index (χ4v) is 1.41. The molecule has 0 spiro atoms. The van der Waals surface area contributed by atoms with E-state index in [2.05, 4.69) is 23.9 Å². The highest BCUT2D eigenvalue weighted by molar-refractivity contribution is 5.81. The molecule has 5 nitrogen and oxygen atoms in total. The Morgan fingerprint density at radius 1 is 1.15 bits per heavy atom. The Morgan fingerprint density at radius 3 is 2.15 bits per heavy atom. The second-order valence-corrected chi connectivity index (χ2v) is 6.06. The number of hydrogen-bond acceptors (Lipinski definition) is 4. The minimum absolute atomic E-state index is 0.388. The molecule has 0 aromatic carbocycles. The normalized spacial score (nSPS) is 13.3. The van der Waals surface area contributed by atoms with Crippen LogP contribution in [0.1, 0.15) is 47.5 Å². The van der Waals surface area contributed by atoms with E-state index >= 15 is 0 Å². The minimum Gasteiger partial charge on any atom is -0.467 e. The second-order valence-electron chi connectivity index (χ2n) is 6.06. The van der Waals surface area contributed by atoms with Gasteiger partial charge in [0.25, 0.3) is 0 Å². The Bertz CT molecular complexity index is 342. The van der Waals surface area contributed by atoms with Gasteiger partial charge in [0.1, 0.15) is 11.6 Å². The van der Waals surface area contributed by atoms with E-state index in [9.17, 15) is 9.59 Å². The van der Waals surface area contributed by atoms with Gasteiger partial charge in [0.2, 0.25) is 0 Å². The third kappa shape index (κ3) is 9.42. The van der Waals surface area contributed by atoms with Gasteiger partial charge in [0.15, 0.2) is 0 Å². The molecule has 1 amide bonds. The van der Waals surface area contributed by atoms with Crippen LogP contribution in [0.4, 0.5) is 4.79 Å². The molecule has 0 aromatic rings. The van der Waals surface area contributed by atoms with Crippen molar-refractivity contribution in [2.75, 3.05) is 7.11 Å². The lowest BCUT2D eigenvalue weighted by Crippen LogP contribution is -2.43. The van der Waals surface area contributed by atoms with Crippen LogP contribution >= 0.6 is 0 Å². The lowest BCUT2D eigenvalue weighted by atomic mass is 10.1. The number of esters is 1. The van der Waals surface area contributed by atoms with Gasteiger partial charge in [0, 0.05) is 0 Å². The quantitative estimate of drug-likeness (QED) is 0.602. The Hall–Kier alpha value is -1.52. The standard InChI is InChI=1S/C15H27NO4/c1-11(2)9-7-8-10-12(13(17)19-6)16-14(18)20-15(3,4)5/h7-8,11-12H,9-10H2,1-6H3,(H,16,18)/b8-7-. The summed E-state index contributed by atoms with van der Waals surface area (Å²) in [6.07, 6.45) is 4.57. The van der Waals surface area contributed by atoms with E-state index in [1.807, 2.05) is 12.2 Å². The largest absolute Gasteiger partial charge is 0.467 e. The third-order valence-corrected chi connectivity index (χ3v) is 2.32. The highest BCUT2D eigenvalue weighted by atomic mass is 16.6. The van der Waals surface area contributed by atoms with E-state index in [1.165, 1.54) is 7.11 Å². The van der Waals surface area contributed by atoms with Crippen molar-refractivity contribution in [1.29, 1.82) is 0 Å². The van der Waals surface area contributed by atoms with E-state index in [0.29, 0.717) is 12.3 Å². The maximum atomic E-state index is 11.7. The van der Waals surface area contributed by atoms with Crippen LogP contribution in [0, 0.1) is 5.92 Å². The van der Waals surface area contributed by atoms with Crippen LogP contribution in [-0.2, 0) is 14.3 Å². The van der Waals surface area contributed by atoms with Crippen molar-refractivity contribution < 1.29 is 19.1 Å². The molecule has 0 radical (unpaired) electrons. The molecule has 0 saturated heterocycles. The Morgan fingerprint density at radius 2 is 1.70 bits per heavy atom. The van der Waals surface area contributed by atoms with Gasteiger partial charge >= 0.3 is 12.1 Å². The van der Waals surface area contributed by atoms with Crippen molar-refractivity contribution in [3.8, 4) is 0 Å². The fraction of sp³-hybridized carbons (Fsp3) is 0.733. The molecule has 0 aliphatic carbocycles. The number of alkyl carbamates (subject to hydrolysis) is 1. The SMILES string of the molecule is COC(=O)C(C/C=C\CC(C)C)NC(=O)OC(C)(C)C.